The fourth-order valence-electron chi connectivity index (χ4n) is 0.988. The Hall–Kier alpha value is 0.110. The molecule has 0 aliphatic heterocycles. The van der Waals surface area contributed by atoms with Gasteiger partial charge in [-0.05, 0) is 34.9 Å². The van der Waals surface area contributed by atoms with Crippen molar-refractivity contribution in [1.29, 1.82) is 0 Å². The lowest BCUT2D eigenvalue weighted by atomic mass is 10.5. The van der Waals surface area contributed by atoms with Gasteiger partial charge in [-0.25, -0.2) is 0 Å². The highest BCUT2D eigenvalue weighted by molar-refractivity contribution is 7.53. The SMILES string of the molecule is CCOP(=O)(CCN(C)C)OC(C)C. The minimum atomic E-state index is -2.87. The van der Waals surface area contributed by atoms with Crippen molar-refractivity contribution in [3.8, 4) is 0 Å². The van der Waals surface area contributed by atoms with Gasteiger partial charge in [-0.1, -0.05) is 0 Å². The molecule has 0 radical (unpaired) electrons. The number of hydrogen-bond donors (Lipinski definition) is 0. The third-order valence-corrected chi connectivity index (χ3v) is 3.66. The Balaban J connectivity index is 4.17. The zero-order valence-electron chi connectivity index (χ0n) is 9.82. The van der Waals surface area contributed by atoms with Gasteiger partial charge < -0.3 is 13.9 Å². The third kappa shape index (κ3) is 6.55. The van der Waals surface area contributed by atoms with Gasteiger partial charge in [0, 0.05) is 6.54 Å². The molecule has 0 bridgehead atoms. The Morgan fingerprint density at radius 3 is 2.29 bits per heavy atom. The predicted molar refractivity (Wildman–Crippen MR) is 58.9 cm³/mol. The van der Waals surface area contributed by atoms with E-state index in [0.717, 1.165) is 0 Å². The van der Waals surface area contributed by atoms with Crippen molar-refractivity contribution in [2.24, 2.45) is 0 Å². The molecule has 86 valence electrons. The minimum absolute atomic E-state index is 0.0606. The first-order valence-electron chi connectivity index (χ1n) is 4.96. The highest BCUT2D eigenvalue weighted by Gasteiger charge is 2.25. The zero-order valence-corrected chi connectivity index (χ0v) is 10.7. The number of nitrogens with zero attached hydrogens (tertiary/aromatic N) is 1. The Bertz CT molecular complexity index is 194. The van der Waals surface area contributed by atoms with E-state index in [1.165, 1.54) is 0 Å². The highest BCUT2D eigenvalue weighted by Crippen LogP contribution is 2.48. The van der Waals surface area contributed by atoms with Crippen molar-refractivity contribution in [1.82, 2.24) is 4.90 Å². The molecule has 5 heteroatoms. The van der Waals surface area contributed by atoms with E-state index >= 15 is 0 Å². The molecule has 14 heavy (non-hydrogen) atoms. The van der Waals surface area contributed by atoms with E-state index in [2.05, 4.69) is 0 Å². The molecule has 0 heterocycles. The molecule has 0 saturated heterocycles. The summed E-state index contributed by atoms with van der Waals surface area (Å²) in [6.07, 6.45) is 0.390. The molecule has 0 aromatic rings. The van der Waals surface area contributed by atoms with Gasteiger partial charge in [0.2, 0.25) is 0 Å². The third-order valence-electron chi connectivity index (χ3n) is 1.52. The summed E-state index contributed by atoms with van der Waals surface area (Å²) in [6.45, 7) is 6.69. The lowest BCUT2D eigenvalue weighted by Crippen LogP contribution is -2.19. The van der Waals surface area contributed by atoms with Crippen LogP contribution in [0.4, 0.5) is 0 Å². The molecule has 0 fully saturated rings. The molecular weight excluding hydrogens is 201 g/mol. The number of rotatable bonds is 7. The van der Waals surface area contributed by atoms with Crippen LogP contribution in [0.5, 0.6) is 0 Å². The first-order chi connectivity index (χ1) is 6.39. The van der Waals surface area contributed by atoms with E-state index < -0.39 is 7.60 Å². The molecule has 1 unspecified atom stereocenters. The first-order valence-corrected chi connectivity index (χ1v) is 6.69. The van der Waals surface area contributed by atoms with Crippen LogP contribution >= 0.6 is 7.60 Å². The largest absolute Gasteiger partial charge is 0.332 e. The Labute approximate surface area is 87.1 Å². The van der Waals surface area contributed by atoms with Crippen LogP contribution in [0.1, 0.15) is 20.8 Å². The molecule has 1 atom stereocenters. The van der Waals surface area contributed by atoms with Crippen LogP contribution in [-0.2, 0) is 13.6 Å². The summed E-state index contributed by atoms with van der Waals surface area (Å²) in [6, 6.07) is 0. The van der Waals surface area contributed by atoms with E-state index in [0.29, 0.717) is 19.3 Å². The zero-order chi connectivity index (χ0) is 11.2. The van der Waals surface area contributed by atoms with Crippen LogP contribution in [0.2, 0.25) is 0 Å². The van der Waals surface area contributed by atoms with Gasteiger partial charge in [-0.15, -0.1) is 0 Å². The van der Waals surface area contributed by atoms with Crippen LogP contribution in [0, 0.1) is 0 Å². The van der Waals surface area contributed by atoms with Gasteiger partial charge in [0.15, 0.2) is 0 Å². The van der Waals surface area contributed by atoms with Crippen LogP contribution in [0.25, 0.3) is 0 Å². The van der Waals surface area contributed by atoms with E-state index in [1.807, 2.05) is 39.8 Å². The molecule has 0 amide bonds. The second-order valence-electron chi connectivity index (χ2n) is 3.71. The van der Waals surface area contributed by atoms with Crippen molar-refractivity contribution in [3.05, 3.63) is 0 Å². The first kappa shape index (κ1) is 14.1. The monoisotopic (exact) mass is 223 g/mol. The van der Waals surface area contributed by atoms with Gasteiger partial charge in [0.25, 0.3) is 0 Å². The lowest BCUT2D eigenvalue weighted by molar-refractivity contribution is 0.171. The van der Waals surface area contributed by atoms with Crippen molar-refractivity contribution in [3.63, 3.8) is 0 Å². The van der Waals surface area contributed by atoms with Crippen LogP contribution in [0.3, 0.4) is 0 Å². The van der Waals surface area contributed by atoms with Gasteiger partial charge in [0.05, 0.1) is 18.9 Å². The fraction of sp³-hybridized carbons (Fsp3) is 1.00. The quantitative estimate of drug-likeness (QED) is 0.620. The van der Waals surface area contributed by atoms with Crippen LogP contribution < -0.4 is 0 Å². The van der Waals surface area contributed by atoms with Gasteiger partial charge >= 0.3 is 7.60 Å². The van der Waals surface area contributed by atoms with Gasteiger partial charge in [-0.2, -0.15) is 0 Å². The Morgan fingerprint density at radius 1 is 1.36 bits per heavy atom. The second-order valence-corrected chi connectivity index (χ2v) is 5.85. The Kier molecular flexibility index (Phi) is 6.62. The van der Waals surface area contributed by atoms with Gasteiger partial charge in [0.1, 0.15) is 0 Å². The summed E-state index contributed by atoms with van der Waals surface area (Å²) >= 11 is 0. The highest BCUT2D eigenvalue weighted by atomic mass is 31.2. The van der Waals surface area contributed by atoms with E-state index in [9.17, 15) is 4.57 Å². The van der Waals surface area contributed by atoms with E-state index in [1.54, 1.807) is 0 Å². The van der Waals surface area contributed by atoms with E-state index in [-0.39, 0.29) is 6.10 Å². The lowest BCUT2D eigenvalue weighted by Gasteiger charge is -2.21. The smallest absolute Gasteiger partial charge is 0.309 e. The molecule has 0 saturated carbocycles. The van der Waals surface area contributed by atoms with Crippen molar-refractivity contribution >= 4 is 7.60 Å². The normalized spacial score (nSPS) is 16.2. The second kappa shape index (κ2) is 6.57. The molecule has 0 aromatic carbocycles. The predicted octanol–water partition coefficient (Wildman–Crippen LogP) is 2.20. The van der Waals surface area contributed by atoms with Crippen LogP contribution in [-0.4, -0.2) is 44.4 Å². The molecule has 0 N–H and O–H groups in total. The molecule has 0 aliphatic carbocycles. The summed E-state index contributed by atoms with van der Waals surface area (Å²) in [7, 11) is 1.00. The molecule has 4 nitrogen and oxygen atoms in total. The van der Waals surface area contributed by atoms with Crippen LogP contribution in [0.15, 0.2) is 0 Å². The topological polar surface area (TPSA) is 38.8 Å². The van der Waals surface area contributed by atoms with Crippen molar-refractivity contribution in [2.75, 3.05) is 33.4 Å². The van der Waals surface area contributed by atoms with Crippen molar-refractivity contribution < 1.29 is 13.6 Å². The average Bonchev–Trinajstić information content (AvgIpc) is 2.00. The number of hydrogen-bond acceptors (Lipinski definition) is 4. The maximum Gasteiger partial charge on any atom is 0.332 e. The summed E-state index contributed by atoms with van der Waals surface area (Å²) < 4.78 is 22.6. The molecular formula is C9H22NO3P. The summed E-state index contributed by atoms with van der Waals surface area (Å²) in [5, 5.41) is 0. The minimum Gasteiger partial charge on any atom is -0.309 e. The molecule has 0 rings (SSSR count). The molecule has 0 aliphatic rings. The van der Waals surface area contributed by atoms with Gasteiger partial charge in [-0.3, -0.25) is 4.57 Å². The molecule has 0 aromatic heterocycles. The molecule has 0 spiro atoms. The maximum absolute atomic E-state index is 12.1. The van der Waals surface area contributed by atoms with E-state index in [4.69, 9.17) is 9.05 Å². The summed E-state index contributed by atoms with van der Waals surface area (Å²) in [5.41, 5.74) is 0. The standard InChI is InChI=1S/C9H22NO3P/c1-6-12-14(11,13-9(2)3)8-7-10(4)5/h9H,6-8H2,1-5H3. The van der Waals surface area contributed by atoms with Crippen molar-refractivity contribution in [2.45, 2.75) is 26.9 Å². The average molecular weight is 223 g/mol. The summed E-state index contributed by atoms with van der Waals surface area (Å²) in [5.74, 6) is 0. The fourth-order valence-corrected chi connectivity index (χ4v) is 2.96. The Morgan fingerprint density at radius 2 is 1.93 bits per heavy atom. The summed E-state index contributed by atoms with van der Waals surface area (Å²) in [4.78, 5) is 1.97. The maximum atomic E-state index is 12.1.